The minimum absolute atomic E-state index is 0.0796. The quantitative estimate of drug-likeness (QED) is 0.913. The van der Waals surface area contributed by atoms with Crippen LogP contribution in [0.5, 0.6) is 0 Å². The van der Waals surface area contributed by atoms with Gasteiger partial charge < -0.3 is 19.7 Å². The Hall–Kier alpha value is -2.10. The van der Waals surface area contributed by atoms with Crippen molar-refractivity contribution in [2.24, 2.45) is 5.92 Å². The van der Waals surface area contributed by atoms with E-state index >= 15 is 0 Å². The molecule has 0 spiro atoms. The molecular weight excluding hydrogens is 294 g/mol. The molecular formula is C17H21N3O3. The van der Waals surface area contributed by atoms with Crippen LogP contribution in [0.1, 0.15) is 18.4 Å². The zero-order valence-corrected chi connectivity index (χ0v) is 13.0. The highest BCUT2D eigenvalue weighted by Crippen LogP contribution is 2.25. The molecule has 1 N–H and O–H groups in total. The van der Waals surface area contributed by atoms with Crippen molar-refractivity contribution in [1.82, 2.24) is 4.90 Å². The number of amides is 1. The molecule has 23 heavy (non-hydrogen) atoms. The summed E-state index contributed by atoms with van der Waals surface area (Å²) in [6.07, 6.45) is 1.77. The summed E-state index contributed by atoms with van der Waals surface area (Å²) < 4.78 is 11.1. The van der Waals surface area contributed by atoms with E-state index in [0.717, 1.165) is 31.6 Å². The third-order valence-corrected chi connectivity index (χ3v) is 4.38. The lowest BCUT2D eigenvalue weighted by molar-refractivity contribution is -0.135. The Morgan fingerprint density at radius 3 is 2.48 bits per heavy atom. The van der Waals surface area contributed by atoms with Crippen molar-refractivity contribution in [3.05, 3.63) is 29.8 Å². The highest BCUT2D eigenvalue weighted by Gasteiger charge is 2.31. The van der Waals surface area contributed by atoms with Gasteiger partial charge in [0.25, 0.3) is 0 Å². The third-order valence-electron chi connectivity index (χ3n) is 4.38. The number of benzene rings is 1. The van der Waals surface area contributed by atoms with E-state index in [4.69, 9.17) is 14.7 Å². The smallest absolute Gasteiger partial charge is 0.241 e. The van der Waals surface area contributed by atoms with Crippen molar-refractivity contribution in [3.8, 4) is 6.07 Å². The van der Waals surface area contributed by atoms with Gasteiger partial charge in [0, 0.05) is 24.7 Å². The maximum absolute atomic E-state index is 12.3. The maximum atomic E-state index is 12.3. The van der Waals surface area contributed by atoms with Crippen LogP contribution in [-0.2, 0) is 14.3 Å². The van der Waals surface area contributed by atoms with Crippen molar-refractivity contribution in [3.63, 3.8) is 0 Å². The molecule has 0 radical (unpaired) electrons. The van der Waals surface area contributed by atoms with Crippen molar-refractivity contribution in [1.29, 1.82) is 5.26 Å². The van der Waals surface area contributed by atoms with Crippen molar-refractivity contribution < 1.29 is 14.3 Å². The summed E-state index contributed by atoms with van der Waals surface area (Å²) >= 11 is 0. The summed E-state index contributed by atoms with van der Waals surface area (Å²) in [5.41, 5.74) is 1.46. The summed E-state index contributed by atoms with van der Waals surface area (Å²) in [6, 6.07) is 9.17. The molecule has 2 saturated heterocycles. The minimum Gasteiger partial charge on any atom is -0.376 e. The molecule has 2 aliphatic heterocycles. The highest BCUT2D eigenvalue weighted by molar-refractivity contribution is 5.81. The molecule has 0 atom stereocenters. The largest absolute Gasteiger partial charge is 0.376 e. The number of nitrogens with one attached hydrogen (secondary N) is 1. The molecule has 1 amide bonds. The second-order valence-electron chi connectivity index (χ2n) is 5.87. The maximum Gasteiger partial charge on any atom is 0.241 e. The van der Waals surface area contributed by atoms with Gasteiger partial charge in [-0.15, -0.1) is 0 Å². The second-order valence-corrected chi connectivity index (χ2v) is 5.87. The zero-order chi connectivity index (χ0) is 16.1. The van der Waals surface area contributed by atoms with Crippen molar-refractivity contribution in [2.45, 2.75) is 19.1 Å². The van der Waals surface area contributed by atoms with Crippen LogP contribution in [0.3, 0.4) is 0 Å². The van der Waals surface area contributed by atoms with E-state index in [0.29, 0.717) is 24.7 Å². The first-order valence-electron chi connectivity index (χ1n) is 8.01. The van der Waals surface area contributed by atoms with Crippen LogP contribution in [-0.4, -0.2) is 49.9 Å². The lowest BCUT2D eigenvalue weighted by Crippen LogP contribution is -2.43. The van der Waals surface area contributed by atoms with E-state index in [9.17, 15) is 4.79 Å². The molecule has 0 aromatic heterocycles. The first-order chi connectivity index (χ1) is 11.3. The fraction of sp³-hybridized carbons (Fsp3) is 0.529. The van der Waals surface area contributed by atoms with Gasteiger partial charge in [-0.2, -0.15) is 5.26 Å². The molecule has 2 aliphatic rings. The molecule has 122 valence electrons. The number of hydrogen-bond acceptors (Lipinski definition) is 5. The predicted molar refractivity (Wildman–Crippen MR) is 84.6 cm³/mol. The van der Waals surface area contributed by atoms with Crippen LogP contribution in [0.25, 0.3) is 0 Å². The third kappa shape index (κ3) is 4.01. The minimum atomic E-state index is -0.0796. The Bertz CT molecular complexity index is 568. The number of nitriles is 1. The summed E-state index contributed by atoms with van der Waals surface area (Å²) in [6.45, 7) is 3.13. The van der Waals surface area contributed by atoms with Crippen LogP contribution in [0, 0.1) is 17.2 Å². The number of nitrogens with zero attached hydrogens (tertiary/aromatic N) is 2. The highest BCUT2D eigenvalue weighted by atomic mass is 16.7. The number of piperidine rings is 1. The van der Waals surface area contributed by atoms with Crippen LogP contribution in [0.15, 0.2) is 24.3 Å². The number of likely N-dealkylation sites (tertiary alicyclic amines) is 1. The topological polar surface area (TPSA) is 74.6 Å². The fourth-order valence-electron chi connectivity index (χ4n) is 3.02. The number of anilines is 1. The van der Waals surface area contributed by atoms with Crippen LogP contribution >= 0.6 is 0 Å². The Balaban J connectivity index is 1.43. The van der Waals surface area contributed by atoms with Crippen molar-refractivity contribution >= 4 is 11.6 Å². The Morgan fingerprint density at radius 2 is 1.87 bits per heavy atom. The first kappa shape index (κ1) is 15.8. The van der Waals surface area contributed by atoms with Gasteiger partial charge >= 0.3 is 0 Å². The van der Waals surface area contributed by atoms with Gasteiger partial charge in [-0.25, -0.2) is 0 Å². The van der Waals surface area contributed by atoms with Gasteiger partial charge in [0.05, 0.1) is 31.4 Å². The number of carbonyl (C=O) groups is 1. The van der Waals surface area contributed by atoms with E-state index < -0.39 is 0 Å². The number of ether oxygens (including phenoxy) is 2. The van der Waals surface area contributed by atoms with Gasteiger partial charge in [0.15, 0.2) is 6.29 Å². The molecule has 6 nitrogen and oxygen atoms in total. The molecule has 0 aliphatic carbocycles. The summed E-state index contributed by atoms with van der Waals surface area (Å²) in [5, 5.41) is 11.9. The monoisotopic (exact) mass is 315 g/mol. The van der Waals surface area contributed by atoms with Crippen LogP contribution < -0.4 is 5.32 Å². The summed E-state index contributed by atoms with van der Waals surface area (Å²) in [7, 11) is 0. The number of carbonyl (C=O) groups excluding carboxylic acids is 1. The lowest BCUT2D eigenvalue weighted by atomic mass is 9.96. The number of hydrogen-bond donors (Lipinski definition) is 1. The molecule has 2 heterocycles. The molecule has 0 bridgehead atoms. The molecule has 0 unspecified atom stereocenters. The van der Waals surface area contributed by atoms with Gasteiger partial charge in [-0.1, -0.05) is 0 Å². The predicted octanol–water partition coefficient (Wildman–Crippen LogP) is 1.58. The van der Waals surface area contributed by atoms with Crippen LogP contribution in [0.2, 0.25) is 0 Å². The van der Waals surface area contributed by atoms with E-state index in [1.807, 2.05) is 17.0 Å². The standard InChI is InChI=1S/C17H21N3O3/c18-11-13-1-3-15(4-2-13)19-12-16(21)20-7-5-14(6-8-20)17-22-9-10-23-17/h1-4,14,17,19H,5-10,12H2. The summed E-state index contributed by atoms with van der Waals surface area (Å²) in [4.78, 5) is 14.2. The molecule has 3 rings (SSSR count). The average Bonchev–Trinajstić information content (AvgIpc) is 3.15. The molecule has 1 aromatic rings. The molecule has 0 saturated carbocycles. The Morgan fingerprint density at radius 1 is 1.22 bits per heavy atom. The zero-order valence-electron chi connectivity index (χ0n) is 13.0. The number of rotatable bonds is 4. The van der Waals surface area contributed by atoms with E-state index in [2.05, 4.69) is 11.4 Å². The average molecular weight is 315 g/mol. The summed E-state index contributed by atoms with van der Waals surface area (Å²) in [5.74, 6) is 0.495. The first-order valence-corrected chi connectivity index (χ1v) is 8.01. The van der Waals surface area contributed by atoms with E-state index in [-0.39, 0.29) is 18.7 Å². The van der Waals surface area contributed by atoms with Crippen molar-refractivity contribution in [2.75, 3.05) is 38.2 Å². The SMILES string of the molecule is N#Cc1ccc(NCC(=O)N2CCC(C3OCCO3)CC2)cc1. The van der Waals surface area contributed by atoms with Crippen LogP contribution in [0.4, 0.5) is 5.69 Å². The van der Waals surface area contributed by atoms with Gasteiger partial charge in [0.1, 0.15) is 0 Å². The van der Waals surface area contributed by atoms with E-state index in [1.54, 1.807) is 12.1 Å². The Labute approximate surface area is 136 Å². The molecule has 2 fully saturated rings. The van der Waals surface area contributed by atoms with Gasteiger partial charge in [-0.05, 0) is 37.1 Å². The molecule has 1 aromatic carbocycles. The van der Waals surface area contributed by atoms with Gasteiger partial charge in [-0.3, -0.25) is 4.79 Å². The van der Waals surface area contributed by atoms with Gasteiger partial charge in [0.2, 0.25) is 5.91 Å². The lowest BCUT2D eigenvalue weighted by Gasteiger charge is -2.34. The molecule has 6 heteroatoms. The Kier molecular flexibility index (Phi) is 5.11. The fourth-order valence-corrected chi connectivity index (χ4v) is 3.02. The normalized spacial score (nSPS) is 19.5. The second kappa shape index (κ2) is 7.44. The van der Waals surface area contributed by atoms with E-state index in [1.165, 1.54) is 0 Å².